The fourth-order valence-corrected chi connectivity index (χ4v) is 3.51. The first kappa shape index (κ1) is 14.4. The number of carbonyl (C=O) groups is 2. The van der Waals surface area contributed by atoms with Gasteiger partial charge in [-0.2, -0.15) is 0 Å². The van der Waals surface area contributed by atoms with Gasteiger partial charge in [0.15, 0.2) is 0 Å². The molecule has 3 rings (SSSR count). The molecule has 21 heavy (non-hydrogen) atoms. The number of hydrogen-bond acceptors (Lipinski definition) is 3. The first-order valence-electron chi connectivity index (χ1n) is 7.50. The standard InChI is InChI=1S/C16H20N2O2S/c19-14-8-9-18(16(20)15(17-14)12-6-7-12)10-11-21-13-4-2-1-3-5-13/h1-5,12,15H,6-11H2,(H,17,19). The van der Waals surface area contributed by atoms with Crippen LogP contribution in [0.5, 0.6) is 0 Å². The Kier molecular flexibility index (Phi) is 4.48. The van der Waals surface area contributed by atoms with Gasteiger partial charge in [0.2, 0.25) is 11.8 Å². The predicted molar refractivity (Wildman–Crippen MR) is 83.0 cm³/mol. The summed E-state index contributed by atoms with van der Waals surface area (Å²) in [6.07, 6.45) is 2.54. The quantitative estimate of drug-likeness (QED) is 0.845. The lowest BCUT2D eigenvalue weighted by Gasteiger charge is -2.23. The van der Waals surface area contributed by atoms with Gasteiger partial charge in [0.1, 0.15) is 6.04 Å². The Morgan fingerprint density at radius 2 is 1.95 bits per heavy atom. The van der Waals surface area contributed by atoms with Crippen LogP contribution >= 0.6 is 11.8 Å². The molecule has 0 aromatic heterocycles. The number of carbonyl (C=O) groups excluding carboxylic acids is 2. The van der Waals surface area contributed by atoms with Crippen LogP contribution in [0.2, 0.25) is 0 Å². The molecule has 1 aromatic carbocycles. The molecular formula is C16H20N2O2S. The maximum Gasteiger partial charge on any atom is 0.245 e. The Morgan fingerprint density at radius 3 is 2.67 bits per heavy atom. The molecule has 1 aromatic rings. The van der Waals surface area contributed by atoms with E-state index in [1.165, 1.54) is 4.90 Å². The summed E-state index contributed by atoms with van der Waals surface area (Å²) in [5.41, 5.74) is 0. The van der Waals surface area contributed by atoms with Crippen molar-refractivity contribution in [2.24, 2.45) is 5.92 Å². The van der Waals surface area contributed by atoms with Crippen molar-refractivity contribution in [1.82, 2.24) is 10.2 Å². The highest BCUT2D eigenvalue weighted by molar-refractivity contribution is 7.99. The molecule has 1 saturated heterocycles. The Bertz CT molecular complexity index is 516. The zero-order valence-corrected chi connectivity index (χ0v) is 12.8. The summed E-state index contributed by atoms with van der Waals surface area (Å²) in [7, 11) is 0. The maximum absolute atomic E-state index is 12.5. The summed E-state index contributed by atoms with van der Waals surface area (Å²) < 4.78 is 0. The van der Waals surface area contributed by atoms with Gasteiger partial charge in [0, 0.05) is 30.2 Å². The van der Waals surface area contributed by atoms with E-state index in [9.17, 15) is 9.59 Å². The first-order valence-corrected chi connectivity index (χ1v) is 8.48. The van der Waals surface area contributed by atoms with Gasteiger partial charge < -0.3 is 10.2 Å². The summed E-state index contributed by atoms with van der Waals surface area (Å²) >= 11 is 1.75. The molecule has 1 unspecified atom stereocenters. The van der Waals surface area contributed by atoms with E-state index in [2.05, 4.69) is 17.4 Å². The van der Waals surface area contributed by atoms with Crippen LogP contribution < -0.4 is 5.32 Å². The van der Waals surface area contributed by atoms with Crippen molar-refractivity contribution < 1.29 is 9.59 Å². The lowest BCUT2D eigenvalue weighted by Crippen LogP contribution is -2.46. The van der Waals surface area contributed by atoms with Crippen molar-refractivity contribution in [2.45, 2.75) is 30.2 Å². The van der Waals surface area contributed by atoms with E-state index >= 15 is 0 Å². The summed E-state index contributed by atoms with van der Waals surface area (Å²) in [6, 6.07) is 9.91. The highest BCUT2D eigenvalue weighted by Crippen LogP contribution is 2.34. The molecule has 1 saturated carbocycles. The second kappa shape index (κ2) is 6.52. The van der Waals surface area contributed by atoms with Crippen LogP contribution in [-0.2, 0) is 9.59 Å². The van der Waals surface area contributed by atoms with Crippen molar-refractivity contribution in [1.29, 1.82) is 0 Å². The smallest absolute Gasteiger partial charge is 0.245 e. The SMILES string of the molecule is O=C1CCN(CCSc2ccccc2)C(=O)C(C2CC2)N1. The normalized spacial score (nSPS) is 22.9. The van der Waals surface area contributed by atoms with Crippen LogP contribution in [0.4, 0.5) is 0 Å². The van der Waals surface area contributed by atoms with Crippen molar-refractivity contribution in [3.63, 3.8) is 0 Å². The largest absolute Gasteiger partial charge is 0.344 e. The van der Waals surface area contributed by atoms with E-state index in [0.717, 1.165) is 18.6 Å². The molecule has 1 atom stereocenters. The molecule has 1 aliphatic carbocycles. The number of nitrogens with one attached hydrogen (secondary N) is 1. The van der Waals surface area contributed by atoms with E-state index < -0.39 is 0 Å². The molecule has 0 radical (unpaired) electrons. The highest BCUT2D eigenvalue weighted by Gasteiger charge is 2.40. The number of nitrogens with zero attached hydrogens (tertiary/aromatic N) is 1. The maximum atomic E-state index is 12.5. The van der Waals surface area contributed by atoms with Gasteiger partial charge in [0.05, 0.1) is 0 Å². The van der Waals surface area contributed by atoms with Crippen LogP contribution in [0.1, 0.15) is 19.3 Å². The fraction of sp³-hybridized carbons (Fsp3) is 0.500. The molecule has 2 amide bonds. The third-order valence-electron chi connectivity index (χ3n) is 3.97. The van der Waals surface area contributed by atoms with Gasteiger partial charge >= 0.3 is 0 Å². The topological polar surface area (TPSA) is 49.4 Å². The molecule has 2 fully saturated rings. The van der Waals surface area contributed by atoms with Crippen LogP contribution in [0, 0.1) is 5.92 Å². The minimum Gasteiger partial charge on any atom is -0.344 e. The monoisotopic (exact) mass is 304 g/mol. The average molecular weight is 304 g/mol. The number of thioether (sulfide) groups is 1. The van der Waals surface area contributed by atoms with E-state index in [0.29, 0.717) is 25.4 Å². The van der Waals surface area contributed by atoms with Crippen LogP contribution in [0.15, 0.2) is 35.2 Å². The molecule has 1 N–H and O–H groups in total. The average Bonchev–Trinajstić information content (AvgIpc) is 3.33. The molecule has 0 bridgehead atoms. The lowest BCUT2D eigenvalue weighted by molar-refractivity contribution is -0.133. The molecule has 112 valence electrons. The Labute approximate surface area is 129 Å². The van der Waals surface area contributed by atoms with Gasteiger partial charge in [-0.25, -0.2) is 0 Å². The fourth-order valence-electron chi connectivity index (χ4n) is 2.61. The molecule has 1 aliphatic heterocycles. The molecule has 2 aliphatic rings. The van der Waals surface area contributed by atoms with Crippen LogP contribution in [0.25, 0.3) is 0 Å². The van der Waals surface area contributed by atoms with Crippen molar-refractivity contribution in [2.75, 3.05) is 18.8 Å². The van der Waals surface area contributed by atoms with Crippen LogP contribution in [0.3, 0.4) is 0 Å². The Balaban J connectivity index is 1.55. The second-order valence-corrected chi connectivity index (χ2v) is 6.79. The molecule has 1 heterocycles. The zero-order chi connectivity index (χ0) is 14.7. The van der Waals surface area contributed by atoms with Gasteiger partial charge in [-0.1, -0.05) is 18.2 Å². The third-order valence-corrected chi connectivity index (χ3v) is 4.96. The number of hydrogen-bond donors (Lipinski definition) is 1. The van der Waals surface area contributed by atoms with Crippen LogP contribution in [-0.4, -0.2) is 41.6 Å². The Morgan fingerprint density at radius 1 is 1.19 bits per heavy atom. The minimum absolute atomic E-state index is 0.0125. The molecule has 0 spiro atoms. The van der Waals surface area contributed by atoms with E-state index in [-0.39, 0.29) is 17.9 Å². The lowest BCUT2D eigenvalue weighted by atomic mass is 10.1. The number of benzene rings is 1. The van der Waals surface area contributed by atoms with Crippen molar-refractivity contribution >= 4 is 23.6 Å². The van der Waals surface area contributed by atoms with E-state index in [1.807, 2.05) is 23.1 Å². The van der Waals surface area contributed by atoms with Crippen molar-refractivity contribution in [3.05, 3.63) is 30.3 Å². The summed E-state index contributed by atoms with van der Waals surface area (Å²) in [6.45, 7) is 1.25. The van der Waals surface area contributed by atoms with Gasteiger partial charge in [-0.3, -0.25) is 9.59 Å². The van der Waals surface area contributed by atoms with E-state index in [4.69, 9.17) is 0 Å². The predicted octanol–water partition coefficient (Wildman–Crippen LogP) is 1.91. The number of amides is 2. The molecule has 4 nitrogen and oxygen atoms in total. The van der Waals surface area contributed by atoms with Gasteiger partial charge in [0.25, 0.3) is 0 Å². The Hall–Kier alpha value is -1.49. The summed E-state index contributed by atoms with van der Waals surface area (Å²) in [5, 5.41) is 2.89. The first-order chi connectivity index (χ1) is 10.2. The van der Waals surface area contributed by atoms with E-state index in [1.54, 1.807) is 11.8 Å². The van der Waals surface area contributed by atoms with Gasteiger partial charge in [-0.15, -0.1) is 11.8 Å². The van der Waals surface area contributed by atoms with Crippen molar-refractivity contribution in [3.8, 4) is 0 Å². The summed E-state index contributed by atoms with van der Waals surface area (Å²) in [5.74, 6) is 1.35. The molecule has 5 heteroatoms. The molecular weight excluding hydrogens is 284 g/mol. The summed E-state index contributed by atoms with van der Waals surface area (Å²) in [4.78, 5) is 27.3. The second-order valence-electron chi connectivity index (χ2n) is 5.62. The zero-order valence-electron chi connectivity index (χ0n) is 12.0. The minimum atomic E-state index is -0.276. The number of rotatable bonds is 5. The highest BCUT2D eigenvalue weighted by atomic mass is 32.2. The third kappa shape index (κ3) is 3.79. The van der Waals surface area contributed by atoms with Gasteiger partial charge in [-0.05, 0) is 30.9 Å².